The molecular formula is C17H10N+. The molecule has 0 N–H and O–H groups in total. The lowest BCUT2D eigenvalue weighted by atomic mass is 9.93. The van der Waals surface area contributed by atoms with E-state index in [1.54, 1.807) is 0 Å². The molecule has 0 atom stereocenters. The average molecular weight is 228 g/mol. The number of hydrogen-bond donors (Lipinski definition) is 0. The smallest absolute Gasteiger partial charge is 0.0981 e. The Labute approximate surface area is 105 Å². The van der Waals surface area contributed by atoms with Crippen LogP contribution in [-0.2, 0) is 0 Å². The van der Waals surface area contributed by atoms with Gasteiger partial charge < -0.3 is 0 Å². The van der Waals surface area contributed by atoms with Crippen LogP contribution in [0.15, 0.2) is 65.7 Å². The molecule has 0 fully saturated rings. The van der Waals surface area contributed by atoms with E-state index in [1.165, 1.54) is 21.9 Å². The second-order valence-electron chi connectivity index (χ2n) is 4.49. The van der Waals surface area contributed by atoms with Crippen LogP contribution in [0.25, 0.3) is 21.9 Å². The maximum atomic E-state index is 4.39. The molecule has 18 heavy (non-hydrogen) atoms. The van der Waals surface area contributed by atoms with Gasteiger partial charge in [0.15, 0.2) is 11.3 Å². The van der Waals surface area contributed by atoms with Gasteiger partial charge in [-0.2, -0.15) is 0 Å². The lowest BCUT2D eigenvalue weighted by Gasteiger charge is -2.06. The molecule has 1 nitrogen and oxygen atoms in total. The number of fused-ring (bicyclic) bond motifs is 4. The standard InChI is InChI=1S/C17H10N/c1-2-6-13-10-16-14(9-12(13)5-1)11-18-17-8-4-3-7-15(16)17/h1-10H/q+1. The Kier molecular flexibility index (Phi) is 1.85. The highest BCUT2D eigenvalue weighted by atomic mass is 14.7. The number of rotatable bonds is 0. The molecule has 3 aromatic rings. The summed E-state index contributed by atoms with van der Waals surface area (Å²) in [5.74, 6) is 0. The monoisotopic (exact) mass is 228 g/mol. The van der Waals surface area contributed by atoms with Gasteiger partial charge in [-0.15, -0.1) is 0 Å². The van der Waals surface area contributed by atoms with Gasteiger partial charge >= 0.3 is 0 Å². The highest BCUT2D eigenvalue weighted by molar-refractivity contribution is 6.04. The molecule has 0 radical (unpaired) electrons. The molecule has 3 aromatic carbocycles. The van der Waals surface area contributed by atoms with Gasteiger partial charge in [0.2, 0.25) is 0 Å². The maximum absolute atomic E-state index is 4.39. The van der Waals surface area contributed by atoms with Gasteiger partial charge in [0.25, 0.3) is 0 Å². The van der Waals surface area contributed by atoms with Crippen LogP contribution in [0, 0.1) is 0 Å². The first-order valence-corrected chi connectivity index (χ1v) is 6.01. The summed E-state index contributed by atoms with van der Waals surface area (Å²) in [6.07, 6.45) is 3.14. The summed E-state index contributed by atoms with van der Waals surface area (Å²) in [7, 11) is 0. The fourth-order valence-corrected chi connectivity index (χ4v) is 2.47. The Bertz CT molecular complexity index is 784. The topological polar surface area (TPSA) is 12.4 Å². The molecule has 82 valence electrons. The zero-order valence-corrected chi connectivity index (χ0v) is 9.72. The molecule has 1 aliphatic rings. The maximum Gasteiger partial charge on any atom is 0.176 e. The summed E-state index contributed by atoms with van der Waals surface area (Å²) in [5, 5.41) is 2.49. The Balaban J connectivity index is 2.10. The average Bonchev–Trinajstić information content (AvgIpc) is 2.45. The quantitative estimate of drug-likeness (QED) is 0.394. The van der Waals surface area contributed by atoms with Crippen LogP contribution >= 0.6 is 0 Å². The molecule has 0 saturated heterocycles. The molecule has 0 aliphatic carbocycles. The second kappa shape index (κ2) is 3.49. The highest BCUT2D eigenvalue weighted by Crippen LogP contribution is 2.37. The van der Waals surface area contributed by atoms with Crippen LogP contribution in [0.2, 0.25) is 0 Å². The minimum absolute atomic E-state index is 1.00. The molecule has 0 spiro atoms. The molecule has 1 aliphatic heterocycles. The molecule has 0 saturated carbocycles. The number of nitrogens with zero attached hydrogens (tertiary/aromatic N) is 1. The van der Waals surface area contributed by atoms with Crippen LogP contribution in [0.3, 0.4) is 0 Å². The number of benzene rings is 3. The minimum atomic E-state index is 1.00. The minimum Gasteiger partial charge on any atom is -0.0981 e. The van der Waals surface area contributed by atoms with E-state index in [4.69, 9.17) is 0 Å². The predicted molar refractivity (Wildman–Crippen MR) is 75.6 cm³/mol. The van der Waals surface area contributed by atoms with Crippen LogP contribution < -0.4 is 0 Å². The highest BCUT2D eigenvalue weighted by Gasteiger charge is 2.22. The normalized spacial score (nSPS) is 11.8. The summed E-state index contributed by atoms with van der Waals surface area (Å²) in [6, 6.07) is 21.0. The van der Waals surface area contributed by atoms with Crippen molar-refractivity contribution in [3.05, 3.63) is 66.2 Å². The summed E-state index contributed by atoms with van der Waals surface area (Å²) in [5.41, 5.74) is 4.49. The predicted octanol–water partition coefficient (Wildman–Crippen LogP) is 4.45. The van der Waals surface area contributed by atoms with E-state index in [0.29, 0.717) is 0 Å². The number of hydrogen-bond acceptors (Lipinski definition) is 1. The van der Waals surface area contributed by atoms with E-state index in [2.05, 4.69) is 59.7 Å². The third-order valence-electron chi connectivity index (χ3n) is 3.38. The Morgan fingerprint density at radius 2 is 1.44 bits per heavy atom. The summed E-state index contributed by atoms with van der Waals surface area (Å²) < 4.78 is 0. The molecule has 1 heterocycles. The van der Waals surface area contributed by atoms with Crippen LogP contribution in [-0.4, -0.2) is 6.21 Å². The molecule has 0 aromatic heterocycles. The molecule has 4 rings (SSSR count). The number of aliphatic imine (C=N–C) groups is 1. The van der Waals surface area contributed by atoms with Crippen molar-refractivity contribution in [2.24, 2.45) is 4.99 Å². The number of para-hydroxylation sites is 1. The van der Waals surface area contributed by atoms with Crippen molar-refractivity contribution in [1.29, 1.82) is 0 Å². The third kappa shape index (κ3) is 1.29. The van der Waals surface area contributed by atoms with Gasteiger partial charge in [-0.3, -0.25) is 0 Å². The van der Waals surface area contributed by atoms with E-state index in [0.717, 1.165) is 11.3 Å². The Hall–Kier alpha value is -2.50. The van der Waals surface area contributed by atoms with Crippen LogP contribution in [0.5, 0.6) is 0 Å². The first kappa shape index (κ1) is 9.52. The summed E-state index contributed by atoms with van der Waals surface area (Å²) >= 11 is 0. The lowest BCUT2D eigenvalue weighted by molar-refractivity contribution is 1.48. The van der Waals surface area contributed by atoms with Crippen LogP contribution in [0.1, 0.15) is 5.56 Å². The zero-order chi connectivity index (χ0) is 11.9. The largest absolute Gasteiger partial charge is 0.176 e. The fourth-order valence-electron chi connectivity index (χ4n) is 2.47. The second-order valence-corrected chi connectivity index (χ2v) is 4.49. The van der Waals surface area contributed by atoms with Crippen molar-refractivity contribution >= 4 is 22.7 Å². The van der Waals surface area contributed by atoms with Crippen LogP contribution in [0.4, 0.5) is 5.69 Å². The van der Waals surface area contributed by atoms with Crippen molar-refractivity contribution in [3.63, 3.8) is 0 Å². The first-order valence-electron chi connectivity index (χ1n) is 6.01. The Morgan fingerprint density at radius 1 is 0.722 bits per heavy atom. The van der Waals surface area contributed by atoms with Gasteiger partial charge in [0.1, 0.15) is 6.21 Å². The van der Waals surface area contributed by atoms with E-state index in [9.17, 15) is 0 Å². The van der Waals surface area contributed by atoms with Gasteiger partial charge in [-0.25, -0.2) is 0 Å². The van der Waals surface area contributed by atoms with Gasteiger partial charge in [0, 0.05) is 22.9 Å². The van der Waals surface area contributed by atoms with E-state index in [-0.39, 0.29) is 0 Å². The third-order valence-corrected chi connectivity index (χ3v) is 3.38. The summed E-state index contributed by atoms with van der Waals surface area (Å²) in [4.78, 5) is 4.39. The lowest BCUT2D eigenvalue weighted by Crippen LogP contribution is -1.94. The Morgan fingerprint density at radius 3 is 2.33 bits per heavy atom. The molecular weight excluding hydrogens is 218 g/mol. The summed E-state index contributed by atoms with van der Waals surface area (Å²) in [6.45, 7) is 0. The van der Waals surface area contributed by atoms with Gasteiger partial charge in [-0.05, 0) is 18.2 Å². The van der Waals surface area contributed by atoms with E-state index >= 15 is 0 Å². The van der Waals surface area contributed by atoms with Crippen molar-refractivity contribution < 1.29 is 0 Å². The fraction of sp³-hybridized carbons (Fsp3) is 0. The van der Waals surface area contributed by atoms with E-state index < -0.39 is 0 Å². The van der Waals surface area contributed by atoms with Gasteiger partial charge in [-0.1, -0.05) is 35.3 Å². The van der Waals surface area contributed by atoms with Crippen molar-refractivity contribution in [3.8, 4) is 11.1 Å². The zero-order valence-electron chi connectivity index (χ0n) is 9.72. The van der Waals surface area contributed by atoms with Crippen molar-refractivity contribution in [1.82, 2.24) is 0 Å². The van der Waals surface area contributed by atoms with Gasteiger partial charge in [0.05, 0.1) is 11.1 Å². The molecule has 0 unspecified atom stereocenters. The van der Waals surface area contributed by atoms with E-state index in [1.807, 2.05) is 12.1 Å². The molecule has 0 bridgehead atoms. The van der Waals surface area contributed by atoms with Crippen molar-refractivity contribution in [2.75, 3.05) is 0 Å². The molecule has 1 heteroatoms. The first-order chi connectivity index (χ1) is 8.92. The molecule has 0 amide bonds. The SMILES string of the molecule is [C+]1=Nc2ccccc2-c2cc3ccccc3cc21. The van der Waals surface area contributed by atoms with Crippen molar-refractivity contribution in [2.45, 2.75) is 0 Å².